The molecule has 0 aliphatic carbocycles. The van der Waals surface area contributed by atoms with E-state index in [1.165, 1.54) is 0 Å². The predicted octanol–water partition coefficient (Wildman–Crippen LogP) is 4.37. The summed E-state index contributed by atoms with van der Waals surface area (Å²) in [5.41, 5.74) is 5.11. The third kappa shape index (κ3) is 4.73. The number of benzene rings is 3. The van der Waals surface area contributed by atoms with Gasteiger partial charge in [-0.25, -0.2) is 0 Å². The van der Waals surface area contributed by atoms with Crippen molar-refractivity contribution in [3.63, 3.8) is 0 Å². The second-order valence-corrected chi connectivity index (χ2v) is 8.07. The number of carbonyl (C=O) groups is 2. The molecule has 0 saturated heterocycles. The molecule has 3 aromatic carbocycles. The maximum atomic E-state index is 13.0. The minimum atomic E-state index is -0.880. The first-order valence-corrected chi connectivity index (χ1v) is 10.8. The number of fused-ring (bicyclic) bond motifs is 1. The van der Waals surface area contributed by atoms with Crippen molar-refractivity contribution in [1.82, 2.24) is 4.90 Å². The third-order valence-electron chi connectivity index (χ3n) is 6.12. The Hall–Kier alpha value is -4.11. The number of ether oxygens (including phenoxy) is 1. The van der Waals surface area contributed by atoms with Gasteiger partial charge in [-0.15, -0.1) is 0 Å². The Balaban J connectivity index is 1.63. The fourth-order valence-electron chi connectivity index (χ4n) is 4.43. The molecule has 0 fully saturated rings. The normalized spacial score (nSPS) is 13.5. The van der Waals surface area contributed by atoms with E-state index in [0.717, 1.165) is 22.3 Å². The maximum Gasteiger partial charge on any atom is 0.304 e. The number of nitrogens with zero attached hydrogens (tertiary/aromatic N) is 2. The number of aliphatic carboxylic acids is 1. The molecule has 0 aromatic heterocycles. The van der Waals surface area contributed by atoms with Crippen LogP contribution in [0, 0.1) is 11.3 Å². The van der Waals surface area contributed by atoms with Crippen molar-refractivity contribution in [3.8, 4) is 11.8 Å². The molecular formula is C27H24N2O4. The number of amides is 1. The van der Waals surface area contributed by atoms with Crippen molar-refractivity contribution in [3.05, 3.63) is 100 Å². The van der Waals surface area contributed by atoms with E-state index in [1.54, 1.807) is 43.5 Å². The largest absolute Gasteiger partial charge is 0.497 e. The van der Waals surface area contributed by atoms with Gasteiger partial charge in [0.05, 0.1) is 25.2 Å². The molecule has 1 amide bonds. The molecule has 0 saturated carbocycles. The van der Waals surface area contributed by atoms with Crippen LogP contribution in [0.3, 0.4) is 0 Å². The zero-order valence-corrected chi connectivity index (χ0v) is 18.3. The van der Waals surface area contributed by atoms with Crippen LogP contribution in [0.2, 0.25) is 0 Å². The average molecular weight is 440 g/mol. The predicted molar refractivity (Wildman–Crippen MR) is 123 cm³/mol. The molecular weight excluding hydrogens is 416 g/mol. The Morgan fingerprint density at radius 2 is 1.82 bits per heavy atom. The minimum Gasteiger partial charge on any atom is -0.497 e. The number of hydrogen-bond donors (Lipinski definition) is 1. The molecule has 0 bridgehead atoms. The molecule has 6 nitrogen and oxygen atoms in total. The van der Waals surface area contributed by atoms with Gasteiger partial charge in [0.25, 0.3) is 5.91 Å². The highest BCUT2D eigenvalue weighted by molar-refractivity contribution is 5.94. The zero-order valence-electron chi connectivity index (χ0n) is 18.3. The first-order chi connectivity index (χ1) is 16.0. The Labute approximate surface area is 192 Å². The van der Waals surface area contributed by atoms with Crippen LogP contribution in [-0.4, -0.2) is 35.5 Å². The first kappa shape index (κ1) is 22.1. The van der Waals surface area contributed by atoms with Crippen molar-refractivity contribution in [2.45, 2.75) is 25.3 Å². The van der Waals surface area contributed by atoms with Gasteiger partial charge < -0.3 is 14.7 Å². The second-order valence-electron chi connectivity index (χ2n) is 8.07. The van der Waals surface area contributed by atoms with Gasteiger partial charge in [-0.2, -0.15) is 5.26 Å². The number of methoxy groups -OCH3 is 1. The lowest BCUT2D eigenvalue weighted by Crippen LogP contribution is -2.36. The van der Waals surface area contributed by atoms with E-state index in [9.17, 15) is 14.7 Å². The smallest absolute Gasteiger partial charge is 0.304 e. The molecule has 4 rings (SSSR count). The summed E-state index contributed by atoms with van der Waals surface area (Å²) >= 11 is 0. The fraction of sp³-hybridized carbons (Fsp3) is 0.222. The number of rotatable bonds is 6. The van der Waals surface area contributed by atoms with Crippen LogP contribution in [0.25, 0.3) is 0 Å². The van der Waals surface area contributed by atoms with Gasteiger partial charge in [0.2, 0.25) is 0 Å². The van der Waals surface area contributed by atoms with E-state index in [0.29, 0.717) is 36.4 Å². The molecule has 1 N–H and O–H groups in total. The lowest BCUT2D eigenvalue weighted by Gasteiger charge is -2.32. The first-order valence-electron chi connectivity index (χ1n) is 10.8. The highest BCUT2D eigenvalue weighted by Crippen LogP contribution is 2.35. The van der Waals surface area contributed by atoms with Gasteiger partial charge >= 0.3 is 5.97 Å². The van der Waals surface area contributed by atoms with Gasteiger partial charge in [0.1, 0.15) is 5.75 Å². The van der Waals surface area contributed by atoms with E-state index in [-0.39, 0.29) is 18.2 Å². The number of carbonyl (C=O) groups excluding carboxylic acids is 1. The number of carboxylic acid groups (broad SMARTS) is 1. The van der Waals surface area contributed by atoms with Gasteiger partial charge in [0.15, 0.2) is 0 Å². The van der Waals surface area contributed by atoms with Crippen LogP contribution in [-0.2, 0) is 17.8 Å². The van der Waals surface area contributed by atoms with Crippen LogP contribution in [0.1, 0.15) is 50.5 Å². The van der Waals surface area contributed by atoms with E-state index in [4.69, 9.17) is 10.00 Å². The van der Waals surface area contributed by atoms with Crippen LogP contribution >= 0.6 is 0 Å². The lowest BCUT2D eigenvalue weighted by molar-refractivity contribution is -0.137. The van der Waals surface area contributed by atoms with E-state index in [1.807, 2.05) is 35.2 Å². The SMILES string of the molecule is COc1ccc(C(=O)N2CCc3c(cccc3C(CC(=O)O)c3ccc(C#N)cc3)C2)cc1. The molecule has 166 valence electrons. The molecule has 0 radical (unpaired) electrons. The molecule has 0 spiro atoms. The lowest BCUT2D eigenvalue weighted by atomic mass is 9.82. The number of hydrogen-bond acceptors (Lipinski definition) is 4. The van der Waals surface area contributed by atoms with Gasteiger partial charge in [-0.3, -0.25) is 9.59 Å². The molecule has 6 heteroatoms. The Bertz CT molecular complexity index is 1210. The zero-order chi connectivity index (χ0) is 23.4. The molecule has 1 unspecified atom stereocenters. The topological polar surface area (TPSA) is 90.6 Å². The molecule has 1 aliphatic rings. The molecule has 33 heavy (non-hydrogen) atoms. The summed E-state index contributed by atoms with van der Waals surface area (Å²) in [6, 6.07) is 22.2. The molecule has 1 heterocycles. The van der Waals surface area contributed by atoms with Crippen LogP contribution < -0.4 is 4.74 Å². The molecule has 3 aromatic rings. The van der Waals surface area contributed by atoms with Crippen molar-refractivity contribution in [2.75, 3.05) is 13.7 Å². The standard InChI is InChI=1S/C27H24N2O4/c1-33-22-11-9-20(10-12-22)27(32)29-14-13-23-21(17-29)3-2-4-24(23)25(15-26(30)31)19-7-5-18(16-28)6-8-19/h2-12,25H,13-15,17H2,1H3,(H,30,31). The van der Waals surface area contributed by atoms with Crippen LogP contribution in [0.5, 0.6) is 5.75 Å². The number of nitriles is 1. The summed E-state index contributed by atoms with van der Waals surface area (Å²) in [5.74, 6) is -0.543. The summed E-state index contributed by atoms with van der Waals surface area (Å²) in [6.07, 6.45) is 0.608. The quantitative estimate of drug-likeness (QED) is 0.615. The van der Waals surface area contributed by atoms with Crippen molar-refractivity contribution >= 4 is 11.9 Å². The van der Waals surface area contributed by atoms with E-state index < -0.39 is 5.97 Å². The average Bonchev–Trinajstić information content (AvgIpc) is 2.86. The monoisotopic (exact) mass is 440 g/mol. The van der Waals surface area contributed by atoms with Crippen LogP contribution in [0.4, 0.5) is 0 Å². The van der Waals surface area contributed by atoms with Gasteiger partial charge in [-0.05, 0) is 65.1 Å². The van der Waals surface area contributed by atoms with E-state index >= 15 is 0 Å². The van der Waals surface area contributed by atoms with Crippen molar-refractivity contribution < 1.29 is 19.4 Å². The summed E-state index contributed by atoms with van der Waals surface area (Å²) in [5, 5.41) is 18.7. The second kappa shape index (κ2) is 9.58. The van der Waals surface area contributed by atoms with Crippen molar-refractivity contribution in [2.24, 2.45) is 0 Å². The highest BCUT2D eigenvalue weighted by Gasteiger charge is 2.27. The Morgan fingerprint density at radius 1 is 1.09 bits per heavy atom. The summed E-state index contributed by atoms with van der Waals surface area (Å²) in [6.45, 7) is 1.03. The fourth-order valence-corrected chi connectivity index (χ4v) is 4.43. The highest BCUT2D eigenvalue weighted by atomic mass is 16.5. The minimum absolute atomic E-state index is 0.0390. The van der Waals surface area contributed by atoms with E-state index in [2.05, 4.69) is 6.07 Å². The maximum absolute atomic E-state index is 13.0. The summed E-state index contributed by atoms with van der Waals surface area (Å²) < 4.78 is 5.17. The molecule has 1 atom stereocenters. The van der Waals surface area contributed by atoms with Gasteiger partial charge in [-0.1, -0.05) is 30.3 Å². The summed E-state index contributed by atoms with van der Waals surface area (Å²) in [7, 11) is 1.59. The Morgan fingerprint density at radius 3 is 2.45 bits per heavy atom. The molecule has 1 aliphatic heterocycles. The summed E-state index contributed by atoms with van der Waals surface area (Å²) in [4.78, 5) is 26.5. The van der Waals surface area contributed by atoms with Gasteiger partial charge in [0, 0.05) is 24.6 Å². The Kier molecular flexibility index (Phi) is 6.41. The number of carboxylic acids is 1. The third-order valence-corrected chi connectivity index (χ3v) is 6.12. The van der Waals surface area contributed by atoms with Crippen molar-refractivity contribution in [1.29, 1.82) is 5.26 Å². The van der Waals surface area contributed by atoms with Crippen LogP contribution in [0.15, 0.2) is 66.7 Å².